The number of sulfonamides is 1. The highest BCUT2D eigenvalue weighted by Gasteiger charge is 2.42. The first-order valence-corrected chi connectivity index (χ1v) is 11.4. The van der Waals surface area contributed by atoms with Gasteiger partial charge in [-0.1, -0.05) is 30.3 Å². The summed E-state index contributed by atoms with van der Waals surface area (Å²) < 4.78 is 33.4. The molecule has 0 N–H and O–H groups in total. The minimum Gasteiger partial charge on any atom is -0.497 e. The van der Waals surface area contributed by atoms with E-state index in [0.717, 1.165) is 12.0 Å². The number of hydrogen-bond donors (Lipinski definition) is 0. The Morgan fingerprint density at radius 3 is 2.62 bits per heavy atom. The fraction of sp³-hybridized carbons (Fsp3) is 0.409. The second-order valence-corrected chi connectivity index (χ2v) is 9.54. The lowest BCUT2D eigenvalue weighted by Gasteiger charge is -2.33. The molecule has 0 spiro atoms. The highest BCUT2D eigenvalue weighted by atomic mass is 32.2. The van der Waals surface area contributed by atoms with E-state index in [9.17, 15) is 13.2 Å². The predicted octanol–water partition coefficient (Wildman–Crippen LogP) is 2.74. The average molecular weight is 415 g/mol. The highest BCUT2D eigenvalue weighted by Crippen LogP contribution is 2.31. The molecule has 4 rings (SSSR count). The van der Waals surface area contributed by atoms with E-state index >= 15 is 0 Å². The van der Waals surface area contributed by atoms with Crippen molar-refractivity contribution in [2.75, 3.05) is 20.2 Å². The quantitative estimate of drug-likeness (QED) is 0.772. The molecule has 29 heavy (non-hydrogen) atoms. The van der Waals surface area contributed by atoms with E-state index in [1.165, 1.54) is 17.0 Å². The van der Waals surface area contributed by atoms with Crippen molar-refractivity contribution in [1.82, 2.24) is 9.21 Å². The number of methoxy groups -OCH3 is 1. The van der Waals surface area contributed by atoms with Crippen molar-refractivity contribution >= 4 is 15.9 Å². The molecule has 0 unspecified atom stereocenters. The number of benzene rings is 2. The third-order valence-corrected chi connectivity index (χ3v) is 7.96. The van der Waals surface area contributed by atoms with Crippen LogP contribution in [0.3, 0.4) is 0 Å². The van der Waals surface area contributed by atoms with E-state index in [2.05, 4.69) is 6.07 Å². The van der Waals surface area contributed by atoms with Crippen molar-refractivity contribution in [3.63, 3.8) is 0 Å². The number of rotatable bonds is 4. The number of carbonyl (C=O) groups is 1. The van der Waals surface area contributed by atoms with Crippen LogP contribution >= 0.6 is 0 Å². The first kappa shape index (κ1) is 19.9. The molecule has 0 saturated carbocycles. The van der Waals surface area contributed by atoms with Gasteiger partial charge in [0.2, 0.25) is 15.9 Å². The second kappa shape index (κ2) is 7.80. The Bertz CT molecular complexity index is 1030. The van der Waals surface area contributed by atoms with Crippen LogP contribution in [-0.2, 0) is 27.8 Å². The molecule has 0 aliphatic carbocycles. The Morgan fingerprint density at radius 1 is 1.10 bits per heavy atom. The van der Waals surface area contributed by atoms with Gasteiger partial charge in [0, 0.05) is 25.7 Å². The average Bonchev–Trinajstić information content (AvgIpc) is 3.24. The normalized spacial score (nSPS) is 19.8. The SMILES string of the molecule is COc1ccc(C)c(S(=O)(=O)N2CCC[C@@H]2C(=O)N2CCc3ccccc3C2)c1. The molecule has 2 aliphatic heterocycles. The third kappa shape index (κ3) is 3.65. The third-order valence-electron chi connectivity index (χ3n) is 5.91. The van der Waals surface area contributed by atoms with Gasteiger partial charge in [0.25, 0.3) is 0 Å². The molecule has 2 heterocycles. The summed E-state index contributed by atoms with van der Waals surface area (Å²) in [5.74, 6) is 0.394. The Balaban J connectivity index is 1.60. The molecular weight excluding hydrogens is 388 g/mol. The van der Waals surface area contributed by atoms with Gasteiger partial charge < -0.3 is 9.64 Å². The largest absolute Gasteiger partial charge is 0.497 e. The molecule has 154 valence electrons. The van der Waals surface area contributed by atoms with Crippen LogP contribution in [0.1, 0.15) is 29.5 Å². The zero-order valence-electron chi connectivity index (χ0n) is 16.8. The van der Waals surface area contributed by atoms with Crippen LogP contribution in [0.5, 0.6) is 5.75 Å². The molecule has 0 bridgehead atoms. The van der Waals surface area contributed by atoms with Crippen molar-refractivity contribution in [1.29, 1.82) is 0 Å². The predicted molar refractivity (Wildman–Crippen MR) is 110 cm³/mol. The van der Waals surface area contributed by atoms with Crippen molar-refractivity contribution < 1.29 is 17.9 Å². The van der Waals surface area contributed by atoms with Gasteiger partial charge >= 0.3 is 0 Å². The lowest BCUT2D eigenvalue weighted by Crippen LogP contribution is -2.49. The molecule has 1 fully saturated rings. The van der Waals surface area contributed by atoms with Gasteiger partial charge in [-0.3, -0.25) is 4.79 Å². The smallest absolute Gasteiger partial charge is 0.244 e. The van der Waals surface area contributed by atoms with E-state index in [1.54, 1.807) is 30.0 Å². The molecule has 2 aromatic rings. The molecule has 2 aromatic carbocycles. The van der Waals surface area contributed by atoms with Crippen molar-refractivity contribution in [2.45, 2.75) is 43.7 Å². The van der Waals surface area contributed by atoms with Gasteiger partial charge in [-0.05, 0) is 48.9 Å². The molecule has 1 saturated heterocycles. The van der Waals surface area contributed by atoms with Crippen LogP contribution in [0.4, 0.5) is 0 Å². The van der Waals surface area contributed by atoms with Crippen LogP contribution in [0.25, 0.3) is 0 Å². The summed E-state index contributed by atoms with van der Waals surface area (Å²) in [6.45, 7) is 3.29. The molecule has 1 amide bonds. The van der Waals surface area contributed by atoms with Gasteiger partial charge in [-0.15, -0.1) is 0 Å². The summed E-state index contributed by atoms with van der Waals surface area (Å²) in [5.41, 5.74) is 3.05. The van der Waals surface area contributed by atoms with Gasteiger partial charge in [0.15, 0.2) is 0 Å². The van der Waals surface area contributed by atoms with Crippen molar-refractivity contribution in [3.05, 3.63) is 59.2 Å². The summed E-state index contributed by atoms with van der Waals surface area (Å²) in [5, 5.41) is 0. The van der Waals surface area contributed by atoms with E-state index < -0.39 is 16.1 Å². The maximum Gasteiger partial charge on any atom is 0.244 e. The number of aryl methyl sites for hydroxylation is 1. The highest BCUT2D eigenvalue weighted by molar-refractivity contribution is 7.89. The van der Waals surface area contributed by atoms with Crippen LogP contribution in [0.2, 0.25) is 0 Å². The molecule has 0 aromatic heterocycles. The van der Waals surface area contributed by atoms with Gasteiger partial charge in [-0.2, -0.15) is 4.31 Å². The number of hydrogen-bond acceptors (Lipinski definition) is 4. The van der Waals surface area contributed by atoms with Crippen LogP contribution in [0.15, 0.2) is 47.4 Å². The Kier molecular flexibility index (Phi) is 5.36. The van der Waals surface area contributed by atoms with E-state index in [4.69, 9.17) is 4.74 Å². The first-order valence-electron chi connectivity index (χ1n) is 9.94. The summed E-state index contributed by atoms with van der Waals surface area (Å²) in [6, 6.07) is 12.5. The Labute approximate surface area is 172 Å². The molecule has 0 radical (unpaired) electrons. The number of nitrogens with zero attached hydrogens (tertiary/aromatic N) is 2. The summed E-state index contributed by atoms with van der Waals surface area (Å²) >= 11 is 0. The van der Waals surface area contributed by atoms with Crippen LogP contribution in [-0.4, -0.2) is 49.8 Å². The molecule has 6 nitrogen and oxygen atoms in total. The van der Waals surface area contributed by atoms with Crippen molar-refractivity contribution in [2.24, 2.45) is 0 Å². The lowest BCUT2D eigenvalue weighted by molar-refractivity contribution is -0.135. The molecule has 1 atom stereocenters. The first-order chi connectivity index (χ1) is 13.9. The zero-order chi connectivity index (χ0) is 20.6. The maximum atomic E-state index is 13.4. The number of carbonyl (C=O) groups excluding carboxylic acids is 1. The molecule has 7 heteroatoms. The van der Waals surface area contributed by atoms with E-state index in [1.807, 2.05) is 18.2 Å². The Morgan fingerprint density at radius 2 is 1.86 bits per heavy atom. The minimum absolute atomic E-state index is 0.0962. The zero-order valence-corrected chi connectivity index (χ0v) is 17.6. The lowest BCUT2D eigenvalue weighted by atomic mass is 9.99. The van der Waals surface area contributed by atoms with Gasteiger partial charge in [-0.25, -0.2) is 8.42 Å². The number of fused-ring (bicyclic) bond motifs is 1. The van der Waals surface area contributed by atoms with Gasteiger partial charge in [0.1, 0.15) is 11.8 Å². The number of amides is 1. The van der Waals surface area contributed by atoms with E-state index in [0.29, 0.717) is 43.8 Å². The van der Waals surface area contributed by atoms with E-state index in [-0.39, 0.29) is 10.8 Å². The topological polar surface area (TPSA) is 66.9 Å². The fourth-order valence-corrected chi connectivity index (χ4v) is 6.17. The van der Waals surface area contributed by atoms with Crippen LogP contribution < -0.4 is 4.74 Å². The molecular formula is C22H26N2O4S. The minimum atomic E-state index is -3.79. The second-order valence-electron chi connectivity index (χ2n) is 7.68. The monoisotopic (exact) mass is 414 g/mol. The maximum absolute atomic E-state index is 13.4. The van der Waals surface area contributed by atoms with Crippen LogP contribution in [0, 0.1) is 6.92 Å². The standard InChI is InChI=1S/C22H26N2O4S/c1-16-9-10-19(28-2)14-21(16)29(26,27)24-12-5-8-20(24)22(25)23-13-11-17-6-3-4-7-18(17)15-23/h3-4,6-7,9-10,14,20H,5,8,11-13,15H2,1-2H3/t20-/m1/s1. The van der Waals surface area contributed by atoms with Gasteiger partial charge in [0.05, 0.1) is 12.0 Å². The Hall–Kier alpha value is -2.38. The number of ether oxygens (including phenoxy) is 1. The summed E-state index contributed by atoms with van der Waals surface area (Å²) in [6.07, 6.45) is 2.04. The fourth-order valence-electron chi connectivity index (χ4n) is 4.28. The summed E-state index contributed by atoms with van der Waals surface area (Å²) in [4.78, 5) is 15.3. The van der Waals surface area contributed by atoms with Crippen molar-refractivity contribution in [3.8, 4) is 5.75 Å². The molecule has 2 aliphatic rings. The summed E-state index contributed by atoms with van der Waals surface area (Å²) in [7, 11) is -2.28.